The second kappa shape index (κ2) is 4.49. The quantitative estimate of drug-likeness (QED) is 0.893. The van der Waals surface area contributed by atoms with Gasteiger partial charge < -0.3 is 5.11 Å². The Morgan fingerprint density at radius 3 is 2.39 bits per heavy atom. The summed E-state index contributed by atoms with van der Waals surface area (Å²) in [4.78, 5) is 11.4. The second-order valence-corrected chi connectivity index (χ2v) is 5.04. The van der Waals surface area contributed by atoms with Crippen LogP contribution < -0.4 is 0 Å². The highest BCUT2D eigenvalue weighted by Gasteiger charge is 2.18. The summed E-state index contributed by atoms with van der Waals surface area (Å²) in [6.07, 6.45) is 0. The molecule has 0 aliphatic heterocycles. The average molecular weight is 268 g/mol. The molecule has 94 valence electrons. The predicted octanol–water partition coefficient (Wildman–Crippen LogP) is 4.01. The standard InChI is InChI=1S/C13H10F2O2S/c1-6-3-4-8(11(15)10(6)14)12-7(2)5-9(18-12)13(16)17/h3-5H,1-2H3,(H,16,17). The van der Waals surface area contributed by atoms with Crippen molar-refractivity contribution in [3.8, 4) is 10.4 Å². The van der Waals surface area contributed by atoms with E-state index in [2.05, 4.69) is 0 Å². The van der Waals surface area contributed by atoms with Gasteiger partial charge in [0.05, 0.1) is 0 Å². The smallest absolute Gasteiger partial charge is 0.345 e. The number of aromatic carboxylic acids is 1. The number of carbonyl (C=O) groups is 1. The molecular weight excluding hydrogens is 258 g/mol. The van der Waals surface area contributed by atoms with Crippen LogP contribution >= 0.6 is 11.3 Å². The number of hydrogen-bond acceptors (Lipinski definition) is 2. The molecule has 1 N–H and O–H groups in total. The Balaban J connectivity index is 2.62. The largest absolute Gasteiger partial charge is 0.477 e. The van der Waals surface area contributed by atoms with Crippen molar-refractivity contribution in [2.45, 2.75) is 13.8 Å². The van der Waals surface area contributed by atoms with Gasteiger partial charge >= 0.3 is 5.97 Å². The van der Waals surface area contributed by atoms with Crippen LogP contribution in [0.5, 0.6) is 0 Å². The maximum Gasteiger partial charge on any atom is 0.345 e. The Labute approximate surface area is 107 Å². The first kappa shape index (κ1) is 12.7. The maximum atomic E-state index is 13.8. The van der Waals surface area contributed by atoms with Gasteiger partial charge in [-0.1, -0.05) is 12.1 Å². The molecule has 1 heterocycles. The fraction of sp³-hybridized carbons (Fsp3) is 0.154. The van der Waals surface area contributed by atoms with Crippen LogP contribution in [0.4, 0.5) is 8.78 Å². The summed E-state index contributed by atoms with van der Waals surface area (Å²) < 4.78 is 27.3. The third kappa shape index (κ3) is 2.01. The monoisotopic (exact) mass is 268 g/mol. The lowest BCUT2D eigenvalue weighted by atomic mass is 10.1. The van der Waals surface area contributed by atoms with Gasteiger partial charge in [-0.2, -0.15) is 0 Å². The average Bonchev–Trinajstić information content (AvgIpc) is 2.69. The lowest BCUT2D eigenvalue weighted by Gasteiger charge is -2.05. The number of rotatable bonds is 2. The number of thiophene rings is 1. The Bertz CT molecular complexity index is 632. The van der Waals surface area contributed by atoms with Crippen LogP contribution in [0.3, 0.4) is 0 Å². The Kier molecular flexibility index (Phi) is 3.17. The Morgan fingerprint density at radius 2 is 1.83 bits per heavy atom. The molecule has 1 aromatic heterocycles. The van der Waals surface area contributed by atoms with E-state index in [0.717, 1.165) is 11.3 Å². The lowest BCUT2D eigenvalue weighted by Crippen LogP contribution is -1.92. The zero-order valence-electron chi connectivity index (χ0n) is 9.75. The first-order valence-electron chi connectivity index (χ1n) is 5.20. The van der Waals surface area contributed by atoms with Crippen molar-refractivity contribution in [1.29, 1.82) is 0 Å². The van der Waals surface area contributed by atoms with E-state index in [1.807, 2.05) is 0 Å². The minimum Gasteiger partial charge on any atom is -0.477 e. The SMILES string of the molecule is Cc1cc(C(=O)O)sc1-c1ccc(C)c(F)c1F. The third-order valence-corrected chi connectivity index (χ3v) is 3.91. The predicted molar refractivity (Wildman–Crippen MR) is 66.1 cm³/mol. The Morgan fingerprint density at radius 1 is 1.17 bits per heavy atom. The summed E-state index contributed by atoms with van der Waals surface area (Å²) in [5.74, 6) is -2.89. The fourth-order valence-corrected chi connectivity index (χ4v) is 2.71. The van der Waals surface area contributed by atoms with E-state index in [9.17, 15) is 13.6 Å². The highest BCUT2D eigenvalue weighted by Crippen LogP contribution is 2.35. The van der Waals surface area contributed by atoms with E-state index in [1.165, 1.54) is 25.1 Å². The summed E-state index contributed by atoms with van der Waals surface area (Å²) in [6, 6.07) is 4.41. The molecular formula is C13H10F2O2S. The van der Waals surface area contributed by atoms with Crippen LogP contribution in [0, 0.1) is 25.5 Å². The molecule has 0 spiro atoms. The summed E-state index contributed by atoms with van der Waals surface area (Å²) in [5, 5.41) is 8.88. The van der Waals surface area contributed by atoms with Gasteiger partial charge in [-0.05, 0) is 31.0 Å². The zero-order valence-corrected chi connectivity index (χ0v) is 10.6. The van der Waals surface area contributed by atoms with Gasteiger partial charge in [0, 0.05) is 10.4 Å². The summed E-state index contributed by atoms with van der Waals surface area (Å²) in [6.45, 7) is 3.15. The maximum absolute atomic E-state index is 13.8. The van der Waals surface area contributed by atoms with Gasteiger partial charge in [-0.15, -0.1) is 11.3 Å². The van der Waals surface area contributed by atoms with E-state index in [4.69, 9.17) is 5.11 Å². The number of hydrogen-bond donors (Lipinski definition) is 1. The van der Waals surface area contributed by atoms with E-state index < -0.39 is 17.6 Å². The highest BCUT2D eigenvalue weighted by molar-refractivity contribution is 7.17. The van der Waals surface area contributed by atoms with Crippen LogP contribution in [-0.4, -0.2) is 11.1 Å². The van der Waals surface area contributed by atoms with E-state index in [-0.39, 0.29) is 16.0 Å². The fourth-order valence-electron chi connectivity index (χ4n) is 1.68. The van der Waals surface area contributed by atoms with Gasteiger partial charge in [0.1, 0.15) is 4.88 Å². The molecule has 0 unspecified atom stereocenters. The molecule has 2 nitrogen and oxygen atoms in total. The van der Waals surface area contributed by atoms with Crippen molar-refractivity contribution >= 4 is 17.3 Å². The first-order valence-corrected chi connectivity index (χ1v) is 6.02. The van der Waals surface area contributed by atoms with Crippen molar-refractivity contribution < 1.29 is 18.7 Å². The minimum atomic E-state index is -1.07. The Hall–Kier alpha value is -1.75. The number of halogens is 2. The molecule has 0 saturated carbocycles. The highest BCUT2D eigenvalue weighted by atomic mass is 32.1. The molecule has 0 bridgehead atoms. The minimum absolute atomic E-state index is 0.105. The summed E-state index contributed by atoms with van der Waals surface area (Å²) >= 11 is 0.943. The molecule has 0 radical (unpaired) electrons. The molecule has 0 fully saturated rings. The number of benzene rings is 1. The zero-order chi connectivity index (χ0) is 13.4. The van der Waals surface area contributed by atoms with Crippen molar-refractivity contribution in [2.24, 2.45) is 0 Å². The molecule has 0 atom stereocenters. The topological polar surface area (TPSA) is 37.3 Å². The van der Waals surface area contributed by atoms with Crippen molar-refractivity contribution in [1.82, 2.24) is 0 Å². The third-order valence-electron chi connectivity index (χ3n) is 2.65. The molecule has 2 aromatic rings. The van der Waals surface area contributed by atoms with Crippen LogP contribution in [0.1, 0.15) is 20.8 Å². The molecule has 0 amide bonds. The van der Waals surface area contributed by atoms with Gasteiger partial charge in [0.25, 0.3) is 0 Å². The number of aryl methyl sites for hydroxylation is 2. The van der Waals surface area contributed by atoms with E-state index in [1.54, 1.807) is 6.92 Å². The molecule has 0 saturated heterocycles. The summed E-state index contributed by atoms with van der Waals surface area (Å²) in [5.41, 5.74) is 0.955. The molecule has 18 heavy (non-hydrogen) atoms. The summed E-state index contributed by atoms with van der Waals surface area (Å²) in [7, 11) is 0. The van der Waals surface area contributed by atoms with Crippen LogP contribution in [0.25, 0.3) is 10.4 Å². The van der Waals surface area contributed by atoms with Gasteiger partial charge in [-0.25, -0.2) is 13.6 Å². The first-order chi connectivity index (χ1) is 8.41. The second-order valence-electron chi connectivity index (χ2n) is 3.99. The molecule has 0 aliphatic rings. The normalized spacial score (nSPS) is 10.7. The molecule has 5 heteroatoms. The molecule has 0 aliphatic carbocycles. The van der Waals surface area contributed by atoms with Crippen LogP contribution in [0.15, 0.2) is 18.2 Å². The van der Waals surface area contributed by atoms with Crippen LogP contribution in [-0.2, 0) is 0 Å². The lowest BCUT2D eigenvalue weighted by molar-refractivity contribution is 0.0702. The van der Waals surface area contributed by atoms with Crippen molar-refractivity contribution in [2.75, 3.05) is 0 Å². The number of carboxylic acids is 1. The molecule has 1 aromatic carbocycles. The van der Waals surface area contributed by atoms with Crippen molar-refractivity contribution in [3.63, 3.8) is 0 Å². The van der Waals surface area contributed by atoms with Gasteiger partial charge in [0.2, 0.25) is 0 Å². The van der Waals surface area contributed by atoms with Crippen molar-refractivity contribution in [3.05, 3.63) is 45.8 Å². The number of carboxylic acid groups (broad SMARTS) is 1. The van der Waals surface area contributed by atoms with Gasteiger partial charge in [0.15, 0.2) is 11.6 Å². The molecule has 2 rings (SSSR count). The van der Waals surface area contributed by atoms with Crippen LogP contribution in [0.2, 0.25) is 0 Å². The van der Waals surface area contributed by atoms with E-state index in [0.29, 0.717) is 10.4 Å². The van der Waals surface area contributed by atoms with E-state index >= 15 is 0 Å². The van der Waals surface area contributed by atoms with Gasteiger partial charge in [-0.3, -0.25) is 0 Å².